The summed E-state index contributed by atoms with van der Waals surface area (Å²) in [5.74, 6) is 7.82. The van der Waals surface area contributed by atoms with Crippen LogP contribution in [0.1, 0.15) is 12.5 Å². The van der Waals surface area contributed by atoms with Gasteiger partial charge in [-0.2, -0.15) is 20.1 Å². The summed E-state index contributed by atoms with van der Waals surface area (Å²) in [4.78, 5) is 18.4. The van der Waals surface area contributed by atoms with E-state index in [1.54, 1.807) is 0 Å². The van der Waals surface area contributed by atoms with Crippen LogP contribution in [-0.4, -0.2) is 88.1 Å². The van der Waals surface area contributed by atoms with Crippen molar-refractivity contribution in [2.24, 2.45) is 5.10 Å². The number of hydrazone groups is 1. The number of ether oxygens (including phenoxy) is 2. The van der Waals surface area contributed by atoms with E-state index >= 15 is 0 Å². The molecule has 4 heterocycles. The fourth-order valence-corrected chi connectivity index (χ4v) is 3.66. The van der Waals surface area contributed by atoms with Crippen LogP contribution in [-0.2, 0) is 9.47 Å². The second-order valence-corrected chi connectivity index (χ2v) is 8.03. The number of nitrogens with zero attached hydrogens (tertiary/aromatic N) is 9. The average molecular weight is 481 g/mol. The van der Waals surface area contributed by atoms with Gasteiger partial charge in [-0.3, -0.25) is 0 Å². The first-order chi connectivity index (χ1) is 17.2. The van der Waals surface area contributed by atoms with E-state index < -0.39 is 0 Å². The van der Waals surface area contributed by atoms with E-state index in [-0.39, 0.29) is 0 Å². The molecule has 0 amide bonds. The molecule has 14 heteroatoms. The Kier molecular flexibility index (Phi) is 6.81. The molecule has 2 saturated heterocycles. The van der Waals surface area contributed by atoms with Gasteiger partial charge in [-0.25, -0.2) is 10.1 Å². The smallest absolute Gasteiger partial charge is 0.263 e. The summed E-state index contributed by atoms with van der Waals surface area (Å²) in [5.41, 5.74) is 5.36. The molecular weight excluding hydrogens is 452 g/mol. The molecule has 2 fully saturated rings. The van der Waals surface area contributed by atoms with E-state index in [9.17, 15) is 0 Å². The second kappa shape index (κ2) is 10.5. The van der Waals surface area contributed by atoms with Crippen LogP contribution in [0.4, 0.5) is 29.5 Å². The first kappa shape index (κ1) is 22.7. The third-order valence-electron chi connectivity index (χ3n) is 5.66. The van der Waals surface area contributed by atoms with Crippen molar-refractivity contribution in [2.75, 3.05) is 79.0 Å². The molecule has 184 valence electrons. The lowest BCUT2D eigenvalue weighted by Crippen LogP contribution is -2.40. The molecule has 4 N–H and O–H groups in total. The highest BCUT2D eigenvalue weighted by molar-refractivity contribution is 5.99. The summed E-state index contributed by atoms with van der Waals surface area (Å²) in [5, 5.41) is 15.2. The minimum atomic E-state index is 0.351. The van der Waals surface area contributed by atoms with Crippen molar-refractivity contribution in [1.82, 2.24) is 29.8 Å². The lowest BCUT2D eigenvalue weighted by Gasteiger charge is -2.30. The molecule has 14 nitrogen and oxygen atoms in total. The molecule has 0 saturated carbocycles. The molecule has 1 aromatic carbocycles. The van der Waals surface area contributed by atoms with E-state index in [4.69, 9.17) is 20.3 Å². The number of morpholine rings is 2. The monoisotopic (exact) mass is 480 g/mol. The molecule has 2 aromatic heterocycles. The minimum absolute atomic E-state index is 0.351. The van der Waals surface area contributed by atoms with Crippen LogP contribution < -0.4 is 26.4 Å². The van der Waals surface area contributed by atoms with E-state index in [0.29, 0.717) is 50.2 Å². The van der Waals surface area contributed by atoms with E-state index in [2.05, 4.69) is 45.8 Å². The van der Waals surface area contributed by atoms with Gasteiger partial charge in [0.1, 0.15) is 6.33 Å². The molecule has 0 unspecified atom stereocenters. The Balaban J connectivity index is 1.33. The predicted molar refractivity (Wildman–Crippen MR) is 132 cm³/mol. The zero-order valence-electron chi connectivity index (χ0n) is 19.5. The number of nitrogen functional groups attached to an aromatic ring is 1. The molecule has 5 rings (SSSR count). The van der Waals surface area contributed by atoms with Crippen LogP contribution in [0, 0.1) is 0 Å². The van der Waals surface area contributed by atoms with Gasteiger partial charge in [-0.15, -0.1) is 10.2 Å². The van der Waals surface area contributed by atoms with Gasteiger partial charge >= 0.3 is 0 Å². The van der Waals surface area contributed by atoms with E-state index in [1.165, 1.54) is 11.0 Å². The number of nitrogens with two attached hydrogens (primary N) is 1. The molecular formula is C21H28N12O2. The standard InChI is InChI=1S/C21H28N12O2/c1-15(28-30-21-29-23-14-33(21)22)16-2-4-17(5-3-16)24-18-25-19(31-6-10-34-11-7-31)27-20(26-18)32-8-12-35-13-9-32/h2-5,14H,6-13,22H2,1H3,(H,29,30)(H,24,25,26,27). The number of hydrogen-bond acceptors (Lipinski definition) is 13. The summed E-state index contributed by atoms with van der Waals surface area (Å²) in [6, 6.07) is 7.82. The molecule has 2 aliphatic rings. The van der Waals surface area contributed by atoms with Crippen LogP contribution in [0.5, 0.6) is 0 Å². The van der Waals surface area contributed by atoms with Gasteiger partial charge in [0.15, 0.2) is 0 Å². The van der Waals surface area contributed by atoms with Gasteiger partial charge in [-0.05, 0) is 24.6 Å². The quantitative estimate of drug-likeness (QED) is 0.244. The summed E-state index contributed by atoms with van der Waals surface area (Å²) in [6.07, 6.45) is 1.39. The summed E-state index contributed by atoms with van der Waals surface area (Å²) in [7, 11) is 0. The van der Waals surface area contributed by atoms with Crippen molar-refractivity contribution in [2.45, 2.75) is 6.92 Å². The largest absolute Gasteiger partial charge is 0.378 e. The molecule has 0 aliphatic carbocycles. The fourth-order valence-electron chi connectivity index (χ4n) is 3.66. The molecule has 0 bridgehead atoms. The number of anilines is 5. The van der Waals surface area contributed by atoms with Crippen LogP contribution >= 0.6 is 0 Å². The van der Waals surface area contributed by atoms with Crippen LogP contribution in [0.3, 0.4) is 0 Å². The summed E-state index contributed by atoms with van der Waals surface area (Å²) < 4.78 is 12.2. The summed E-state index contributed by atoms with van der Waals surface area (Å²) in [6.45, 7) is 7.49. The Bertz CT molecular complexity index is 1120. The first-order valence-electron chi connectivity index (χ1n) is 11.4. The van der Waals surface area contributed by atoms with Crippen LogP contribution in [0.2, 0.25) is 0 Å². The number of aromatic nitrogens is 6. The Morgan fingerprint density at radius 2 is 1.51 bits per heavy atom. The maximum Gasteiger partial charge on any atom is 0.263 e. The summed E-state index contributed by atoms with van der Waals surface area (Å²) >= 11 is 0. The zero-order valence-corrected chi connectivity index (χ0v) is 19.5. The van der Waals surface area contributed by atoms with Gasteiger partial charge in [0.25, 0.3) is 5.95 Å². The highest BCUT2D eigenvalue weighted by Crippen LogP contribution is 2.21. The van der Waals surface area contributed by atoms with Gasteiger partial charge < -0.3 is 30.4 Å². The van der Waals surface area contributed by atoms with Crippen molar-refractivity contribution in [3.63, 3.8) is 0 Å². The van der Waals surface area contributed by atoms with Crippen molar-refractivity contribution in [3.8, 4) is 0 Å². The maximum absolute atomic E-state index is 5.69. The van der Waals surface area contributed by atoms with Gasteiger partial charge in [0.2, 0.25) is 17.8 Å². The van der Waals surface area contributed by atoms with Crippen LogP contribution in [0.15, 0.2) is 35.7 Å². The molecule has 2 aliphatic heterocycles. The lowest BCUT2D eigenvalue weighted by atomic mass is 10.1. The average Bonchev–Trinajstić information content (AvgIpc) is 3.33. The Labute approximate surface area is 202 Å². The Morgan fingerprint density at radius 1 is 0.914 bits per heavy atom. The molecule has 35 heavy (non-hydrogen) atoms. The van der Waals surface area contributed by atoms with Gasteiger partial charge in [0.05, 0.1) is 32.1 Å². The maximum atomic E-state index is 5.69. The third kappa shape index (κ3) is 5.55. The Morgan fingerprint density at radius 3 is 2.06 bits per heavy atom. The van der Waals surface area contributed by atoms with Crippen molar-refractivity contribution in [3.05, 3.63) is 36.2 Å². The number of benzene rings is 1. The second-order valence-electron chi connectivity index (χ2n) is 8.03. The van der Waals surface area contributed by atoms with Crippen molar-refractivity contribution < 1.29 is 9.47 Å². The van der Waals surface area contributed by atoms with Crippen molar-refractivity contribution >= 4 is 35.2 Å². The van der Waals surface area contributed by atoms with Crippen molar-refractivity contribution in [1.29, 1.82) is 0 Å². The number of nitrogens with one attached hydrogen (secondary N) is 2. The van der Waals surface area contributed by atoms with E-state index in [0.717, 1.165) is 43.1 Å². The first-order valence-corrected chi connectivity index (χ1v) is 11.4. The molecule has 3 aromatic rings. The van der Waals surface area contributed by atoms with Gasteiger partial charge in [-0.1, -0.05) is 12.1 Å². The molecule has 0 radical (unpaired) electrons. The highest BCUT2D eigenvalue weighted by atomic mass is 16.5. The highest BCUT2D eigenvalue weighted by Gasteiger charge is 2.20. The minimum Gasteiger partial charge on any atom is -0.378 e. The normalized spacial score (nSPS) is 16.9. The van der Waals surface area contributed by atoms with Crippen LogP contribution in [0.25, 0.3) is 0 Å². The van der Waals surface area contributed by atoms with Gasteiger partial charge in [0, 0.05) is 31.9 Å². The third-order valence-corrected chi connectivity index (χ3v) is 5.66. The van der Waals surface area contributed by atoms with E-state index in [1.807, 2.05) is 31.2 Å². The Hall–Kier alpha value is -4.04. The lowest BCUT2D eigenvalue weighted by molar-refractivity contribution is 0.121. The molecule has 0 spiro atoms. The predicted octanol–water partition coefficient (Wildman–Crippen LogP) is 0.430. The zero-order chi connectivity index (χ0) is 24.0. The fraction of sp³-hybridized carbons (Fsp3) is 0.429. The SMILES string of the molecule is CC(=NNc1nncn1N)c1ccc(Nc2nc(N3CCOCC3)nc(N3CCOCC3)n2)cc1. The number of rotatable bonds is 7. The molecule has 0 atom stereocenters. The number of hydrogen-bond donors (Lipinski definition) is 3. The topological polar surface area (TPSA) is 157 Å².